The second-order valence-corrected chi connectivity index (χ2v) is 9.65. The van der Waals surface area contributed by atoms with E-state index in [0.717, 1.165) is 28.0 Å². The smallest absolute Gasteiger partial charge is 0.374 e. The van der Waals surface area contributed by atoms with Gasteiger partial charge in [0.2, 0.25) is 0 Å². The number of ether oxygens (including phenoxy) is 1. The number of carbonyl (C=O) groups excluding carboxylic acids is 2. The van der Waals surface area contributed by atoms with Crippen LogP contribution in [0.1, 0.15) is 11.3 Å². The number of carbonyl (C=O) groups is 2. The summed E-state index contributed by atoms with van der Waals surface area (Å²) >= 11 is 5.66. The van der Waals surface area contributed by atoms with Crippen molar-refractivity contribution in [1.82, 2.24) is 14.8 Å². The maximum absolute atomic E-state index is 14.7. The van der Waals surface area contributed by atoms with Crippen molar-refractivity contribution >= 4 is 35.0 Å². The van der Waals surface area contributed by atoms with Gasteiger partial charge in [0, 0.05) is 32.4 Å². The molecular weight excluding hydrogens is 537 g/mol. The maximum Gasteiger partial charge on any atom is 0.416 e. The Kier molecular flexibility index (Phi) is 7.82. The molecule has 3 amide bonds. The van der Waals surface area contributed by atoms with Crippen LogP contribution >= 0.6 is 11.6 Å². The molecule has 1 aromatic carbocycles. The van der Waals surface area contributed by atoms with E-state index in [9.17, 15) is 31.5 Å². The van der Waals surface area contributed by atoms with Gasteiger partial charge in [-0.15, -0.1) is 0 Å². The summed E-state index contributed by atoms with van der Waals surface area (Å²) < 4.78 is 74.8. The molecule has 2 aliphatic rings. The molecule has 2 fully saturated rings. The van der Waals surface area contributed by atoms with Crippen molar-refractivity contribution in [3.05, 3.63) is 52.2 Å². The minimum Gasteiger partial charge on any atom is -0.374 e. The Balaban J connectivity index is 1.72. The molecule has 0 radical (unpaired) electrons. The number of nitrogens with zero attached hydrogens (tertiary/aromatic N) is 5. The molecule has 2 aliphatic heterocycles. The topological polar surface area (TPSA) is 69.2 Å². The number of aryl methyl sites for hydroxylation is 1. The predicted molar refractivity (Wildman–Crippen MR) is 129 cm³/mol. The molecule has 2 atom stereocenters. The molecular formula is C24H25ClF5N5O3. The Morgan fingerprint density at radius 2 is 1.95 bits per heavy atom. The second kappa shape index (κ2) is 10.6. The molecule has 0 spiro atoms. The number of hydrogen-bond acceptors (Lipinski definition) is 5. The van der Waals surface area contributed by atoms with E-state index in [-0.39, 0.29) is 30.3 Å². The van der Waals surface area contributed by atoms with Gasteiger partial charge in [-0.1, -0.05) is 11.6 Å². The highest BCUT2D eigenvalue weighted by Crippen LogP contribution is 2.35. The van der Waals surface area contributed by atoms with E-state index in [1.54, 1.807) is 0 Å². The highest BCUT2D eigenvalue weighted by atomic mass is 35.5. The van der Waals surface area contributed by atoms with Crippen LogP contribution in [-0.4, -0.2) is 85.7 Å². The van der Waals surface area contributed by atoms with Gasteiger partial charge < -0.3 is 19.4 Å². The molecule has 2 saturated heterocycles. The number of alkyl halides is 3. The third kappa shape index (κ3) is 5.54. The summed E-state index contributed by atoms with van der Waals surface area (Å²) in [6.07, 6.45) is -5.12. The van der Waals surface area contributed by atoms with Gasteiger partial charge in [-0.3, -0.25) is 9.69 Å². The lowest BCUT2D eigenvalue weighted by Gasteiger charge is -2.32. The van der Waals surface area contributed by atoms with Crippen LogP contribution in [-0.2, 0) is 15.7 Å². The standard InChI is InChI=1S/C24H25ClF5N5O3/c1-13-8-14(24(28,29)30)9-19(31-13)35-18(12-34(23(35)37)11-15-10-32(2)6-7-38-15)22(36)33(3)17-5-4-16(26)20(25)21(17)27/h4-5,8-9,15,18H,6-7,10-12H2,1-3H3. The van der Waals surface area contributed by atoms with Crippen LogP contribution in [0, 0.1) is 18.6 Å². The normalized spacial score (nSPS) is 20.8. The first-order chi connectivity index (χ1) is 17.8. The Bertz CT molecular complexity index is 1250. The van der Waals surface area contributed by atoms with Crippen LogP contribution in [0.25, 0.3) is 0 Å². The fourth-order valence-corrected chi connectivity index (χ4v) is 4.69. The molecule has 4 rings (SSSR count). The minimum atomic E-state index is -4.73. The number of morpholine rings is 1. The van der Waals surface area contributed by atoms with Crippen LogP contribution < -0.4 is 9.80 Å². The molecule has 8 nitrogen and oxygen atoms in total. The number of pyridine rings is 1. The highest BCUT2D eigenvalue weighted by molar-refractivity contribution is 6.31. The average Bonchev–Trinajstić information content (AvgIpc) is 3.16. The van der Waals surface area contributed by atoms with Gasteiger partial charge in [-0.05, 0) is 38.2 Å². The predicted octanol–water partition coefficient (Wildman–Crippen LogP) is 3.94. The SMILES string of the molecule is Cc1cc(C(F)(F)F)cc(N2C(=O)N(CC3CN(C)CCO3)CC2C(=O)N(C)c2ccc(F)c(Cl)c2F)n1. The molecule has 0 N–H and O–H groups in total. The van der Waals surface area contributed by atoms with E-state index in [1.165, 1.54) is 18.9 Å². The average molecular weight is 562 g/mol. The van der Waals surface area contributed by atoms with Gasteiger partial charge in [-0.25, -0.2) is 18.6 Å². The van der Waals surface area contributed by atoms with Gasteiger partial charge in [0.25, 0.3) is 5.91 Å². The Hall–Kier alpha value is -3.03. The van der Waals surface area contributed by atoms with Crippen molar-refractivity contribution in [2.75, 3.05) is 56.7 Å². The van der Waals surface area contributed by atoms with Crippen LogP contribution in [0.2, 0.25) is 5.02 Å². The lowest BCUT2D eigenvalue weighted by Crippen LogP contribution is -2.47. The number of likely N-dealkylation sites (N-methyl/N-ethyl adjacent to an activating group) is 2. The lowest BCUT2D eigenvalue weighted by atomic mass is 10.1. The Labute approximate surface area is 220 Å². The zero-order valence-electron chi connectivity index (χ0n) is 20.7. The second-order valence-electron chi connectivity index (χ2n) is 9.27. The van der Waals surface area contributed by atoms with Gasteiger partial charge in [0.1, 0.15) is 22.7 Å². The Morgan fingerprint density at radius 1 is 1.24 bits per heavy atom. The number of rotatable bonds is 5. The quantitative estimate of drug-likeness (QED) is 0.409. The molecule has 2 aromatic rings. The molecule has 1 aromatic heterocycles. The molecule has 38 heavy (non-hydrogen) atoms. The largest absolute Gasteiger partial charge is 0.416 e. The molecule has 3 heterocycles. The van der Waals surface area contributed by atoms with E-state index >= 15 is 0 Å². The summed E-state index contributed by atoms with van der Waals surface area (Å²) in [5.74, 6) is -3.43. The molecule has 0 bridgehead atoms. The van der Waals surface area contributed by atoms with Crippen LogP contribution in [0.4, 0.5) is 38.3 Å². The molecule has 206 valence electrons. The lowest BCUT2D eigenvalue weighted by molar-refractivity contribution is -0.137. The first kappa shape index (κ1) is 28.0. The number of anilines is 2. The third-order valence-electron chi connectivity index (χ3n) is 6.45. The van der Waals surface area contributed by atoms with Crippen molar-refractivity contribution in [2.24, 2.45) is 0 Å². The first-order valence-corrected chi connectivity index (χ1v) is 12.0. The third-order valence-corrected chi connectivity index (χ3v) is 6.80. The molecule has 14 heteroatoms. The number of halogens is 6. The summed E-state index contributed by atoms with van der Waals surface area (Å²) in [5.41, 5.74) is -1.42. The summed E-state index contributed by atoms with van der Waals surface area (Å²) in [7, 11) is 3.08. The van der Waals surface area contributed by atoms with Gasteiger partial charge in [0.15, 0.2) is 5.82 Å². The highest BCUT2D eigenvalue weighted by Gasteiger charge is 2.46. The number of urea groups is 1. The Morgan fingerprint density at radius 3 is 2.61 bits per heavy atom. The van der Waals surface area contributed by atoms with E-state index in [1.807, 2.05) is 11.9 Å². The maximum atomic E-state index is 14.7. The number of benzene rings is 1. The summed E-state index contributed by atoms with van der Waals surface area (Å²) in [6, 6.07) is 1.28. The summed E-state index contributed by atoms with van der Waals surface area (Å²) in [5, 5.41) is -0.822. The van der Waals surface area contributed by atoms with Crippen LogP contribution in [0.3, 0.4) is 0 Å². The van der Waals surface area contributed by atoms with E-state index in [0.29, 0.717) is 25.8 Å². The molecule has 2 unspecified atom stereocenters. The minimum absolute atomic E-state index is 0.0192. The van der Waals surface area contributed by atoms with Gasteiger partial charge in [-0.2, -0.15) is 13.2 Å². The van der Waals surface area contributed by atoms with Crippen LogP contribution in [0.15, 0.2) is 24.3 Å². The zero-order valence-corrected chi connectivity index (χ0v) is 21.5. The summed E-state index contributed by atoms with van der Waals surface area (Å²) in [4.78, 5) is 36.2. The number of amides is 3. The fourth-order valence-electron chi connectivity index (χ4n) is 4.53. The molecule has 0 saturated carbocycles. The van der Waals surface area contributed by atoms with Crippen molar-refractivity contribution in [3.63, 3.8) is 0 Å². The van der Waals surface area contributed by atoms with Crippen molar-refractivity contribution in [3.8, 4) is 0 Å². The van der Waals surface area contributed by atoms with E-state index < -0.39 is 52.5 Å². The zero-order chi connectivity index (χ0) is 27.9. The van der Waals surface area contributed by atoms with Crippen LogP contribution in [0.5, 0.6) is 0 Å². The van der Waals surface area contributed by atoms with Crippen molar-refractivity contribution < 1.29 is 36.3 Å². The van der Waals surface area contributed by atoms with Crippen molar-refractivity contribution in [2.45, 2.75) is 25.2 Å². The molecule has 0 aliphatic carbocycles. The van der Waals surface area contributed by atoms with E-state index in [2.05, 4.69) is 4.98 Å². The number of hydrogen-bond donors (Lipinski definition) is 0. The van der Waals surface area contributed by atoms with Gasteiger partial charge >= 0.3 is 12.2 Å². The number of aromatic nitrogens is 1. The van der Waals surface area contributed by atoms with Gasteiger partial charge in [0.05, 0.1) is 30.5 Å². The first-order valence-electron chi connectivity index (χ1n) is 11.6. The van der Waals surface area contributed by atoms with E-state index in [4.69, 9.17) is 16.3 Å². The fraction of sp³-hybridized carbons (Fsp3) is 0.458. The monoisotopic (exact) mass is 561 g/mol. The summed E-state index contributed by atoms with van der Waals surface area (Å²) in [6.45, 7) is 2.81. The van der Waals surface area contributed by atoms with Crippen molar-refractivity contribution in [1.29, 1.82) is 0 Å².